The van der Waals surface area contributed by atoms with Crippen molar-refractivity contribution in [3.63, 3.8) is 0 Å². The predicted octanol–water partition coefficient (Wildman–Crippen LogP) is 2.92. The lowest BCUT2D eigenvalue weighted by atomic mass is 10.2. The highest BCUT2D eigenvalue weighted by molar-refractivity contribution is 7.09. The fourth-order valence-electron chi connectivity index (χ4n) is 1.60. The summed E-state index contributed by atoms with van der Waals surface area (Å²) in [5.74, 6) is -0.501. The molecule has 5 heteroatoms. The van der Waals surface area contributed by atoms with Gasteiger partial charge in [0.15, 0.2) is 0 Å². The van der Waals surface area contributed by atoms with Crippen molar-refractivity contribution in [2.75, 3.05) is 11.9 Å². The Balaban J connectivity index is 1.80. The van der Waals surface area contributed by atoms with Gasteiger partial charge in [-0.25, -0.2) is 4.39 Å². The quantitative estimate of drug-likeness (QED) is 0.883. The van der Waals surface area contributed by atoms with Gasteiger partial charge < -0.3 is 10.6 Å². The number of carbonyl (C=O) groups excluding carboxylic acids is 1. The standard InChI is InChI=1S/C14H15FN2OS/c1-10-4-5-13(12(15)7-10)16-9-14(18)17-8-11-3-2-6-19-11/h2-7,16H,8-9H2,1H3,(H,17,18). The van der Waals surface area contributed by atoms with E-state index in [-0.39, 0.29) is 18.3 Å². The summed E-state index contributed by atoms with van der Waals surface area (Å²) in [5.41, 5.74) is 1.20. The van der Waals surface area contributed by atoms with E-state index in [4.69, 9.17) is 0 Å². The summed E-state index contributed by atoms with van der Waals surface area (Å²) in [7, 11) is 0. The van der Waals surface area contributed by atoms with Gasteiger partial charge in [-0.2, -0.15) is 0 Å². The largest absolute Gasteiger partial charge is 0.374 e. The van der Waals surface area contributed by atoms with Gasteiger partial charge >= 0.3 is 0 Å². The van der Waals surface area contributed by atoms with Crippen LogP contribution in [0.1, 0.15) is 10.4 Å². The highest BCUT2D eigenvalue weighted by atomic mass is 32.1. The molecule has 0 fully saturated rings. The van der Waals surface area contributed by atoms with Gasteiger partial charge in [0, 0.05) is 4.88 Å². The number of halogens is 1. The third-order valence-corrected chi connectivity index (χ3v) is 3.48. The van der Waals surface area contributed by atoms with Crippen LogP contribution in [0.2, 0.25) is 0 Å². The lowest BCUT2D eigenvalue weighted by Crippen LogP contribution is -2.29. The number of nitrogens with one attached hydrogen (secondary N) is 2. The molecule has 100 valence electrons. The van der Waals surface area contributed by atoms with Crippen LogP contribution in [0.5, 0.6) is 0 Å². The molecular weight excluding hydrogens is 263 g/mol. The van der Waals surface area contributed by atoms with Crippen LogP contribution in [0.3, 0.4) is 0 Å². The summed E-state index contributed by atoms with van der Waals surface area (Å²) < 4.78 is 13.5. The van der Waals surface area contributed by atoms with E-state index in [0.29, 0.717) is 12.2 Å². The Hall–Kier alpha value is -1.88. The number of benzene rings is 1. The smallest absolute Gasteiger partial charge is 0.239 e. The topological polar surface area (TPSA) is 41.1 Å². The van der Waals surface area contributed by atoms with Crippen molar-refractivity contribution in [2.45, 2.75) is 13.5 Å². The molecule has 1 amide bonds. The molecule has 2 aromatic rings. The number of rotatable bonds is 5. The van der Waals surface area contributed by atoms with E-state index >= 15 is 0 Å². The molecule has 0 atom stereocenters. The molecule has 0 saturated heterocycles. The normalized spacial score (nSPS) is 10.2. The molecule has 0 radical (unpaired) electrons. The van der Waals surface area contributed by atoms with E-state index in [0.717, 1.165) is 10.4 Å². The van der Waals surface area contributed by atoms with Gasteiger partial charge in [-0.05, 0) is 36.1 Å². The van der Waals surface area contributed by atoms with E-state index in [1.54, 1.807) is 23.5 Å². The zero-order chi connectivity index (χ0) is 13.7. The first kappa shape index (κ1) is 13.5. The first-order valence-electron chi connectivity index (χ1n) is 5.94. The molecule has 0 aliphatic rings. The zero-order valence-electron chi connectivity index (χ0n) is 10.6. The SMILES string of the molecule is Cc1ccc(NCC(=O)NCc2cccs2)c(F)c1. The summed E-state index contributed by atoms with van der Waals surface area (Å²) in [6.45, 7) is 2.39. The van der Waals surface area contributed by atoms with Gasteiger partial charge in [0.1, 0.15) is 5.82 Å². The monoisotopic (exact) mass is 278 g/mol. The molecule has 19 heavy (non-hydrogen) atoms. The second-order valence-electron chi connectivity index (χ2n) is 4.19. The molecule has 1 heterocycles. The number of anilines is 1. The average Bonchev–Trinajstić information content (AvgIpc) is 2.88. The highest BCUT2D eigenvalue weighted by Crippen LogP contribution is 2.14. The second-order valence-corrected chi connectivity index (χ2v) is 5.23. The Kier molecular flexibility index (Phi) is 4.52. The molecule has 1 aromatic heterocycles. The molecule has 0 bridgehead atoms. The number of hydrogen-bond acceptors (Lipinski definition) is 3. The van der Waals surface area contributed by atoms with Crippen molar-refractivity contribution in [3.05, 3.63) is 52.0 Å². The molecule has 0 unspecified atom stereocenters. The van der Waals surface area contributed by atoms with Crippen LogP contribution in [0, 0.1) is 12.7 Å². The van der Waals surface area contributed by atoms with Crippen molar-refractivity contribution in [2.24, 2.45) is 0 Å². The number of aryl methyl sites for hydroxylation is 1. The molecule has 2 N–H and O–H groups in total. The van der Waals surface area contributed by atoms with Crippen LogP contribution in [0.4, 0.5) is 10.1 Å². The predicted molar refractivity (Wildman–Crippen MR) is 75.8 cm³/mol. The Morgan fingerprint density at radius 1 is 1.37 bits per heavy atom. The minimum absolute atomic E-state index is 0.0609. The Labute approximate surface area is 115 Å². The number of thiophene rings is 1. The van der Waals surface area contributed by atoms with Gasteiger partial charge in [0.2, 0.25) is 5.91 Å². The molecule has 2 rings (SSSR count). The number of carbonyl (C=O) groups is 1. The van der Waals surface area contributed by atoms with Crippen LogP contribution in [0.25, 0.3) is 0 Å². The zero-order valence-corrected chi connectivity index (χ0v) is 11.4. The first-order valence-corrected chi connectivity index (χ1v) is 6.82. The molecule has 3 nitrogen and oxygen atoms in total. The van der Waals surface area contributed by atoms with Gasteiger partial charge in [0.05, 0.1) is 18.8 Å². The molecule has 1 aromatic carbocycles. The Bertz CT molecular complexity index is 555. The molecule has 0 aliphatic carbocycles. The molecule has 0 saturated carbocycles. The summed E-state index contributed by atoms with van der Waals surface area (Å²) >= 11 is 1.59. The van der Waals surface area contributed by atoms with Gasteiger partial charge in [-0.15, -0.1) is 11.3 Å². The molecule has 0 spiro atoms. The van der Waals surface area contributed by atoms with E-state index in [1.807, 2.05) is 24.4 Å². The van der Waals surface area contributed by atoms with Gasteiger partial charge in [-0.1, -0.05) is 12.1 Å². The van der Waals surface area contributed by atoms with Crippen LogP contribution in [0.15, 0.2) is 35.7 Å². The van der Waals surface area contributed by atoms with Crippen molar-refractivity contribution < 1.29 is 9.18 Å². The third-order valence-electron chi connectivity index (χ3n) is 2.60. The fourth-order valence-corrected chi connectivity index (χ4v) is 2.24. The third kappa shape index (κ3) is 4.06. The Morgan fingerprint density at radius 2 is 2.21 bits per heavy atom. The molecule has 0 aliphatic heterocycles. The Morgan fingerprint density at radius 3 is 2.89 bits per heavy atom. The van der Waals surface area contributed by atoms with Crippen LogP contribution >= 0.6 is 11.3 Å². The lowest BCUT2D eigenvalue weighted by molar-refractivity contribution is -0.119. The van der Waals surface area contributed by atoms with Crippen LogP contribution in [-0.4, -0.2) is 12.5 Å². The van der Waals surface area contributed by atoms with Crippen LogP contribution in [-0.2, 0) is 11.3 Å². The van der Waals surface area contributed by atoms with E-state index in [1.165, 1.54) is 6.07 Å². The van der Waals surface area contributed by atoms with Gasteiger partial charge in [-0.3, -0.25) is 4.79 Å². The van der Waals surface area contributed by atoms with Crippen molar-refractivity contribution in [1.82, 2.24) is 5.32 Å². The maximum absolute atomic E-state index is 13.5. The lowest BCUT2D eigenvalue weighted by Gasteiger charge is -2.08. The van der Waals surface area contributed by atoms with E-state index < -0.39 is 0 Å². The average molecular weight is 278 g/mol. The maximum atomic E-state index is 13.5. The fraction of sp³-hybridized carbons (Fsp3) is 0.214. The minimum Gasteiger partial charge on any atom is -0.374 e. The second kappa shape index (κ2) is 6.33. The highest BCUT2D eigenvalue weighted by Gasteiger charge is 2.05. The van der Waals surface area contributed by atoms with Crippen molar-refractivity contribution in [1.29, 1.82) is 0 Å². The minimum atomic E-state index is -0.342. The molecular formula is C14H15FN2OS. The summed E-state index contributed by atoms with van der Waals surface area (Å²) in [6, 6.07) is 8.77. The van der Waals surface area contributed by atoms with Crippen molar-refractivity contribution in [3.8, 4) is 0 Å². The van der Waals surface area contributed by atoms with Crippen molar-refractivity contribution >= 4 is 22.9 Å². The summed E-state index contributed by atoms with van der Waals surface area (Å²) in [4.78, 5) is 12.7. The van der Waals surface area contributed by atoms with E-state index in [2.05, 4.69) is 10.6 Å². The maximum Gasteiger partial charge on any atom is 0.239 e. The van der Waals surface area contributed by atoms with E-state index in [9.17, 15) is 9.18 Å². The first-order chi connectivity index (χ1) is 9.15. The van der Waals surface area contributed by atoms with Crippen LogP contribution < -0.4 is 10.6 Å². The number of hydrogen-bond donors (Lipinski definition) is 2. The summed E-state index contributed by atoms with van der Waals surface area (Å²) in [5, 5.41) is 7.52. The summed E-state index contributed by atoms with van der Waals surface area (Å²) in [6.07, 6.45) is 0. The van der Waals surface area contributed by atoms with Gasteiger partial charge in [0.25, 0.3) is 0 Å². The number of amides is 1.